The van der Waals surface area contributed by atoms with E-state index >= 15 is 0 Å². The molecule has 0 saturated heterocycles. The van der Waals surface area contributed by atoms with E-state index in [0.29, 0.717) is 17.1 Å². The summed E-state index contributed by atoms with van der Waals surface area (Å²) in [5.41, 5.74) is 1.60. The molecule has 7 nitrogen and oxygen atoms in total. The van der Waals surface area contributed by atoms with E-state index < -0.39 is 12.0 Å². The lowest BCUT2D eigenvalue weighted by atomic mass is 10.2. The molecule has 0 radical (unpaired) electrons. The van der Waals surface area contributed by atoms with Crippen molar-refractivity contribution in [2.24, 2.45) is 0 Å². The average Bonchev–Trinajstić information content (AvgIpc) is 2.78. The molecule has 0 aliphatic carbocycles. The van der Waals surface area contributed by atoms with E-state index in [1.807, 2.05) is 30.3 Å². The van der Waals surface area contributed by atoms with Gasteiger partial charge >= 0.3 is 6.09 Å². The van der Waals surface area contributed by atoms with Crippen LogP contribution in [0.3, 0.4) is 0 Å². The second kappa shape index (κ2) is 5.20. The third-order valence-corrected chi connectivity index (χ3v) is 3.19. The molecule has 1 aliphatic heterocycles. The number of carbonyl (C=O) groups excluding carboxylic acids is 1. The average molecular weight is 284 g/mol. The van der Waals surface area contributed by atoms with Crippen LogP contribution in [0.4, 0.5) is 4.79 Å². The number of benzene rings is 1. The zero-order valence-corrected chi connectivity index (χ0v) is 11.0. The number of carbonyl (C=O) groups is 2. The Balaban J connectivity index is 1.96. The van der Waals surface area contributed by atoms with Crippen molar-refractivity contribution in [3.8, 4) is 0 Å². The summed E-state index contributed by atoms with van der Waals surface area (Å²) in [6.07, 6.45) is 2.00. The molecule has 1 aliphatic rings. The highest BCUT2D eigenvalue weighted by molar-refractivity contribution is 6.03. The fraction of sp³-hybridized carbons (Fsp3) is 0.143. The van der Waals surface area contributed by atoms with Gasteiger partial charge in [-0.25, -0.2) is 14.4 Å². The molecule has 2 amide bonds. The van der Waals surface area contributed by atoms with Gasteiger partial charge in [0.15, 0.2) is 5.69 Å². The highest BCUT2D eigenvalue weighted by atomic mass is 16.4. The topological polar surface area (TPSA) is 88.3 Å². The van der Waals surface area contributed by atoms with E-state index in [-0.39, 0.29) is 12.2 Å². The Morgan fingerprint density at radius 1 is 1.29 bits per heavy atom. The lowest BCUT2D eigenvalue weighted by Crippen LogP contribution is -2.35. The summed E-state index contributed by atoms with van der Waals surface area (Å²) in [7, 11) is 0. The fourth-order valence-electron chi connectivity index (χ4n) is 2.16. The maximum absolute atomic E-state index is 12.1. The zero-order chi connectivity index (χ0) is 14.8. The number of amides is 2. The zero-order valence-electron chi connectivity index (χ0n) is 11.0. The number of fused-ring (bicyclic) bond motifs is 1. The van der Waals surface area contributed by atoms with Crippen molar-refractivity contribution in [2.45, 2.75) is 6.54 Å². The molecule has 0 fully saturated rings. The number of aromatic nitrogens is 3. The Morgan fingerprint density at radius 3 is 2.76 bits per heavy atom. The van der Waals surface area contributed by atoms with Gasteiger partial charge in [0.2, 0.25) is 0 Å². The first kappa shape index (κ1) is 13.0. The minimum atomic E-state index is -1.30. The van der Waals surface area contributed by atoms with Crippen molar-refractivity contribution in [3.05, 3.63) is 53.4 Å². The smallest absolute Gasteiger partial charge is 0.414 e. The van der Waals surface area contributed by atoms with Crippen molar-refractivity contribution in [1.29, 1.82) is 0 Å². The second-order valence-corrected chi connectivity index (χ2v) is 4.57. The van der Waals surface area contributed by atoms with Crippen LogP contribution in [0.2, 0.25) is 0 Å². The number of nitrogens with zero attached hydrogens (tertiary/aromatic N) is 4. The van der Waals surface area contributed by atoms with Crippen LogP contribution in [0.15, 0.2) is 36.4 Å². The van der Waals surface area contributed by atoms with Crippen LogP contribution in [0, 0.1) is 0 Å². The van der Waals surface area contributed by atoms with Gasteiger partial charge in [-0.3, -0.25) is 4.79 Å². The van der Waals surface area contributed by atoms with Gasteiger partial charge in [-0.1, -0.05) is 41.6 Å². The summed E-state index contributed by atoms with van der Waals surface area (Å²) in [4.78, 5) is 23.9. The van der Waals surface area contributed by atoms with Crippen LogP contribution in [-0.2, 0) is 6.54 Å². The number of hydrogen-bond acceptors (Lipinski definition) is 4. The Morgan fingerprint density at radius 2 is 2.05 bits per heavy atom. The standard InChI is InChI=1S/C14H12N4O3/c19-13-12-11(7-4-8-17(13)14(20)21)18(16-15-12)9-10-5-2-1-3-6-10/h1-7H,8-9H2,(H,20,21). The predicted molar refractivity (Wildman–Crippen MR) is 73.7 cm³/mol. The number of hydrogen-bond donors (Lipinski definition) is 1. The van der Waals surface area contributed by atoms with Crippen LogP contribution >= 0.6 is 0 Å². The molecule has 1 aromatic carbocycles. The molecule has 0 bridgehead atoms. The van der Waals surface area contributed by atoms with Gasteiger partial charge in [-0.2, -0.15) is 0 Å². The maximum Gasteiger partial charge on any atom is 0.414 e. The number of rotatable bonds is 2. The highest BCUT2D eigenvalue weighted by Crippen LogP contribution is 2.16. The summed E-state index contributed by atoms with van der Waals surface area (Å²) >= 11 is 0. The molecule has 7 heteroatoms. The first-order chi connectivity index (χ1) is 10.2. The summed E-state index contributed by atoms with van der Waals surface area (Å²) in [5.74, 6) is -0.651. The molecule has 21 heavy (non-hydrogen) atoms. The minimum Gasteiger partial charge on any atom is -0.465 e. The minimum absolute atomic E-state index is 0.00979. The summed E-state index contributed by atoms with van der Waals surface area (Å²) in [6, 6.07) is 9.63. The molecule has 1 N–H and O–H groups in total. The monoisotopic (exact) mass is 284 g/mol. The molecular weight excluding hydrogens is 272 g/mol. The van der Waals surface area contributed by atoms with E-state index in [9.17, 15) is 9.59 Å². The van der Waals surface area contributed by atoms with Crippen LogP contribution < -0.4 is 0 Å². The van der Waals surface area contributed by atoms with Gasteiger partial charge in [0.1, 0.15) is 0 Å². The normalized spacial score (nSPS) is 13.9. The maximum atomic E-state index is 12.1. The van der Waals surface area contributed by atoms with Gasteiger partial charge in [0.25, 0.3) is 5.91 Å². The van der Waals surface area contributed by atoms with Gasteiger partial charge in [0.05, 0.1) is 18.8 Å². The van der Waals surface area contributed by atoms with Gasteiger partial charge in [-0.15, -0.1) is 5.10 Å². The van der Waals surface area contributed by atoms with E-state index in [4.69, 9.17) is 5.11 Å². The van der Waals surface area contributed by atoms with E-state index in [0.717, 1.165) is 5.56 Å². The lowest BCUT2D eigenvalue weighted by Gasteiger charge is -2.11. The molecule has 0 unspecified atom stereocenters. The molecule has 0 atom stereocenters. The summed E-state index contributed by atoms with van der Waals surface area (Å²) in [5, 5.41) is 16.8. The third-order valence-electron chi connectivity index (χ3n) is 3.19. The lowest BCUT2D eigenvalue weighted by molar-refractivity contribution is 0.0756. The molecule has 2 heterocycles. The fourth-order valence-corrected chi connectivity index (χ4v) is 2.16. The summed E-state index contributed by atoms with van der Waals surface area (Å²) in [6.45, 7) is 0.476. The Bertz CT molecular complexity index is 721. The van der Waals surface area contributed by atoms with Crippen molar-refractivity contribution < 1.29 is 14.7 Å². The highest BCUT2D eigenvalue weighted by Gasteiger charge is 2.29. The largest absolute Gasteiger partial charge is 0.465 e. The number of carboxylic acid groups (broad SMARTS) is 1. The molecule has 3 rings (SSSR count). The van der Waals surface area contributed by atoms with E-state index in [1.165, 1.54) is 0 Å². The van der Waals surface area contributed by atoms with Crippen molar-refractivity contribution in [1.82, 2.24) is 19.9 Å². The van der Waals surface area contributed by atoms with Crippen LogP contribution in [0.1, 0.15) is 21.7 Å². The molecule has 0 saturated carbocycles. The van der Waals surface area contributed by atoms with E-state index in [1.54, 1.807) is 16.8 Å². The Kier molecular flexibility index (Phi) is 3.23. The van der Waals surface area contributed by atoms with Gasteiger partial charge < -0.3 is 5.11 Å². The molecule has 2 aromatic rings. The molecular formula is C14H12N4O3. The predicted octanol–water partition coefficient (Wildman–Crippen LogP) is 1.47. The molecule has 106 valence electrons. The third kappa shape index (κ3) is 2.40. The first-order valence-electron chi connectivity index (χ1n) is 6.35. The molecule has 1 aromatic heterocycles. The van der Waals surface area contributed by atoms with E-state index in [2.05, 4.69) is 10.3 Å². The van der Waals surface area contributed by atoms with Crippen LogP contribution in [0.25, 0.3) is 6.08 Å². The Labute approximate surface area is 120 Å². The van der Waals surface area contributed by atoms with Crippen LogP contribution in [-0.4, -0.2) is 43.5 Å². The molecule has 0 spiro atoms. The SMILES string of the molecule is O=C(O)N1CC=Cc2c(nnn2Cc2ccccc2)C1=O. The van der Waals surface area contributed by atoms with Crippen molar-refractivity contribution in [2.75, 3.05) is 6.54 Å². The Hall–Kier alpha value is -2.96. The van der Waals surface area contributed by atoms with Crippen molar-refractivity contribution >= 4 is 18.1 Å². The van der Waals surface area contributed by atoms with Gasteiger partial charge in [0, 0.05) is 0 Å². The quantitative estimate of drug-likeness (QED) is 0.902. The van der Waals surface area contributed by atoms with Gasteiger partial charge in [-0.05, 0) is 11.6 Å². The second-order valence-electron chi connectivity index (χ2n) is 4.57. The van der Waals surface area contributed by atoms with Crippen LogP contribution in [0.5, 0.6) is 0 Å². The summed E-state index contributed by atoms with van der Waals surface area (Å²) < 4.78 is 1.59. The first-order valence-corrected chi connectivity index (χ1v) is 6.35. The van der Waals surface area contributed by atoms with Crippen molar-refractivity contribution in [3.63, 3.8) is 0 Å². The number of imide groups is 1.